The molecule has 0 aliphatic carbocycles. The molecule has 0 radical (unpaired) electrons. The molecule has 92 valence electrons. The Bertz CT molecular complexity index is 607. The zero-order valence-electron chi connectivity index (χ0n) is 8.80. The SMILES string of the molecule is O=C(O)c1cncc(Oc2ccc(F)cc2Cl)n1. The zero-order valence-corrected chi connectivity index (χ0v) is 9.56. The van der Waals surface area contributed by atoms with Crippen LogP contribution in [0, 0.1) is 5.82 Å². The van der Waals surface area contributed by atoms with Crippen molar-refractivity contribution in [2.45, 2.75) is 0 Å². The molecule has 0 aliphatic rings. The van der Waals surface area contributed by atoms with E-state index in [0.717, 1.165) is 18.3 Å². The Morgan fingerprint density at radius 2 is 2.17 bits per heavy atom. The molecule has 5 nitrogen and oxygen atoms in total. The van der Waals surface area contributed by atoms with Crippen molar-refractivity contribution in [3.05, 3.63) is 47.1 Å². The van der Waals surface area contributed by atoms with Crippen LogP contribution >= 0.6 is 11.6 Å². The third-order valence-electron chi connectivity index (χ3n) is 1.94. The number of hydrogen-bond donors (Lipinski definition) is 1. The maximum atomic E-state index is 12.8. The van der Waals surface area contributed by atoms with Crippen LogP contribution in [0.3, 0.4) is 0 Å². The molecule has 0 unspecified atom stereocenters. The number of nitrogens with zero attached hydrogens (tertiary/aromatic N) is 2. The molecule has 0 amide bonds. The highest BCUT2D eigenvalue weighted by Crippen LogP contribution is 2.28. The lowest BCUT2D eigenvalue weighted by molar-refractivity contribution is 0.0689. The van der Waals surface area contributed by atoms with Crippen LogP contribution in [0.5, 0.6) is 11.6 Å². The molecular weight excluding hydrogens is 263 g/mol. The second kappa shape index (κ2) is 4.97. The minimum absolute atomic E-state index is 0.0385. The second-order valence-electron chi connectivity index (χ2n) is 3.22. The normalized spacial score (nSPS) is 10.1. The van der Waals surface area contributed by atoms with Gasteiger partial charge in [0.15, 0.2) is 5.69 Å². The molecule has 2 rings (SSSR count). The largest absolute Gasteiger partial charge is 0.476 e. The lowest BCUT2D eigenvalue weighted by Crippen LogP contribution is -2.02. The monoisotopic (exact) mass is 268 g/mol. The molecule has 1 N–H and O–H groups in total. The first-order chi connectivity index (χ1) is 8.56. The van der Waals surface area contributed by atoms with E-state index in [1.807, 2.05) is 0 Å². The maximum Gasteiger partial charge on any atom is 0.356 e. The Labute approximate surface area is 106 Å². The van der Waals surface area contributed by atoms with Crippen LogP contribution in [-0.2, 0) is 0 Å². The Kier molecular flexibility index (Phi) is 3.38. The fourth-order valence-electron chi connectivity index (χ4n) is 1.17. The van der Waals surface area contributed by atoms with Crippen LogP contribution in [0.1, 0.15) is 10.5 Å². The van der Waals surface area contributed by atoms with Gasteiger partial charge in [-0.15, -0.1) is 0 Å². The van der Waals surface area contributed by atoms with Crippen molar-refractivity contribution in [1.29, 1.82) is 0 Å². The minimum atomic E-state index is -1.22. The second-order valence-corrected chi connectivity index (χ2v) is 3.63. The van der Waals surface area contributed by atoms with Crippen molar-refractivity contribution in [3.63, 3.8) is 0 Å². The molecule has 0 saturated carbocycles. The number of rotatable bonds is 3. The van der Waals surface area contributed by atoms with Gasteiger partial charge in [0.2, 0.25) is 5.88 Å². The first kappa shape index (κ1) is 12.3. The molecule has 2 aromatic rings. The number of carboxylic acids is 1. The predicted molar refractivity (Wildman–Crippen MR) is 60.5 cm³/mol. The molecule has 1 heterocycles. The van der Waals surface area contributed by atoms with Crippen LogP contribution < -0.4 is 4.74 Å². The highest BCUT2D eigenvalue weighted by atomic mass is 35.5. The Morgan fingerprint density at radius 3 is 2.83 bits per heavy atom. The number of aromatic nitrogens is 2. The van der Waals surface area contributed by atoms with Crippen molar-refractivity contribution < 1.29 is 19.0 Å². The Hall–Kier alpha value is -2.21. The van der Waals surface area contributed by atoms with Gasteiger partial charge in [0, 0.05) is 0 Å². The summed E-state index contributed by atoms with van der Waals surface area (Å²) in [6, 6.07) is 3.55. The summed E-state index contributed by atoms with van der Waals surface area (Å²) >= 11 is 5.75. The minimum Gasteiger partial charge on any atom is -0.476 e. The molecule has 1 aromatic heterocycles. The molecule has 18 heavy (non-hydrogen) atoms. The van der Waals surface area contributed by atoms with E-state index in [1.54, 1.807) is 0 Å². The van der Waals surface area contributed by atoms with Gasteiger partial charge < -0.3 is 9.84 Å². The van der Waals surface area contributed by atoms with Crippen LogP contribution in [0.4, 0.5) is 4.39 Å². The van der Waals surface area contributed by atoms with Gasteiger partial charge >= 0.3 is 5.97 Å². The van der Waals surface area contributed by atoms with Gasteiger partial charge in [-0.25, -0.2) is 14.2 Å². The Morgan fingerprint density at radius 1 is 1.39 bits per heavy atom. The fourth-order valence-corrected chi connectivity index (χ4v) is 1.38. The summed E-state index contributed by atoms with van der Waals surface area (Å²) in [6.45, 7) is 0. The summed E-state index contributed by atoms with van der Waals surface area (Å²) in [5.74, 6) is -1.60. The van der Waals surface area contributed by atoms with Crippen molar-refractivity contribution in [3.8, 4) is 11.6 Å². The van der Waals surface area contributed by atoms with Crippen molar-refractivity contribution in [2.24, 2.45) is 0 Å². The average molecular weight is 269 g/mol. The molecule has 0 atom stereocenters. The molecule has 0 fully saturated rings. The van der Waals surface area contributed by atoms with Gasteiger partial charge in [0.25, 0.3) is 0 Å². The molecule has 1 aromatic carbocycles. The van der Waals surface area contributed by atoms with Crippen molar-refractivity contribution in [1.82, 2.24) is 9.97 Å². The van der Waals surface area contributed by atoms with Gasteiger partial charge in [-0.2, -0.15) is 0 Å². The average Bonchev–Trinajstić information content (AvgIpc) is 2.33. The van der Waals surface area contributed by atoms with E-state index in [4.69, 9.17) is 21.4 Å². The number of aromatic carboxylic acids is 1. The van der Waals surface area contributed by atoms with Gasteiger partial charge in [0.05, 0.1) is 17.4 Å². The summed E-state index contributed by atoms with van der Waals surface area (Å²) in [5, 5.41) is 8.79. The number of carbonyl (C=O) groups is 1. The first-order valence-electron chi connectivity index (χ1n) is 4.74. The van der Waals surface area contributed by atoms with Gasteiger partial charge in [-0.3, -0.25) is 4.98 Å². The summed E-state index contributed by atoms with van der Waals surface area (Å²) < 4.78 is 18.0. The smallest absolute Gasteiger partial charge is 0.356 e. The van der Waals surface area contributed by atoms with E-state index in [2.05, 4.69) is 9.97 Å². The van der Waals surface area contributed by atoms with E-state index < -0.39 is 11.8 Å². The van der Waals surface area contributed by atoms with Crippen LogP contribution in [0.2, 0.25) is 5.02 Å². The molecule has 0 spiro atoms. The molecule has 0 aliphatic heterocycles. The van der Waals surface area contributed by atoms with Crippen molar-refractivity contribution >= 4 is 17.6 Å². The molecule has 0 bridgehead atoms. The summed E-state index contributed by atoms with van der Waals surface area (Å²) in [4.78, 5) is 18.0. The fraction of sp³-hybridized carbons (Fsp3) is 0. The summed E-state index contributed by atoms with van der Waals surface area (Å²) in [7, 11) is 0. The summed E-state index contributed by atoms with van der Waals surface area (Å²) in [6.07, 6.45) is 2.31. The van der Waals surface area contributed by atoms with Crippen molar-refractivity contribution in [2.75, 3.05) is 0 Å². The quantitative estimate of drug-likeness (QED) is 0.927. The number of carboxylic acid groups (broad SMARTS) is 1. The highest BCUT2D eigenvalue weighted by molar-refractivity contribution is 6.32. The van der Waals surface area contributed by atoms with Gasteiger partial charge in [0.1, 0.15) is 11.6 Å². The van der Waals surface area contributed by atoms with E-state index in [1.165, 1.54) is 12.3 Å². The number of benzene rings is 1. The highest BCUT2D eigenvalue weighted by Gasteiger charge is 2.09. The topological polar surface area (TPSA) is 72.3 Å². The lowest BCUT2D eigenvalue weighted by atomic mass is 10.3. The van der Waals surface area contributed by atoms with E-state index in [0.29, 0.717) is 0 Å². The predicted octanol–water partition coefficient (Wildman–Crippen LogP) is 2.76. The third kappa shape index (κ3) is 2.72. The van der Waals surface area contributed by atoms with Crippen LogP contribution in [-0.4, -0.2) is 21.0 Å². The number of halogens is 2. The first-order valence-corrected chi connectivity index (χ1v) is 5.12. The maximum absolute atomic E-state index is 12.8. The zero-order chi connectivity index (χ0) is 13.1. The molecule has 7 heteroatoms. The van der Waals surface area contributed by atoms with E-state index in [-0.39, 0.29) is 22.3 Å². The third-order valence-corrected chi connectivity index (χ3v) is 2.24. The lowest BCUT2D eigenvalue weighted by Gasteiger charge is -2.06. The Balaban J connectivity index is 2.28. The van der Waals surface area contributed by atoms with Crippen LogP contribution in [0.15, 0.2) is 30.6 Å². The molecule has 0 saturated heterocycles. The van der Waals surface area contributed by atoms with Gasteiger partial charge in [-0.05, 0) is 18.2 Å². The van der Waals surface area contributed by atoms with Gasteiger partial charge in [-0.1, -0.05) is 11.6 Å². The number of ether oxygens (including phenoxy) is 1. The van der Waals surface area contributed by atoms with Crippen LogP contribution in [0.25, 0.3) is 0 Å². The standard InChI is InChI=1S/C11H6ClFN2O3/c12-7-3-6(13)1-2-9(7)18-10-5-14-4-8(15-10)11(16)17/h1-5H,(H,16,17). The molecular formula is C11H6ClFN2O3. The van der Waals surface area contributed by atoms with E-state index in [9.17, 15) is 9.18 Å². The summed E-state index contributed by atoms with van der Waals surface area (Å²) in [5.41, 5.74) is -0.259. The number of hydrogen-bond acceptors (Lipinski definition) is 4. The van der Waals surface area contributed by atoms with E-state index >= 15 is 0 Å².